The number of benzene rings is 1. The largest absolute Gasteiger partial charge is 0.481 e. The molecule has 0 aliphatic carbocycles. The van der Waals surface area contributed by atoms with Crippen LogP contribution in [0.4, 0.5) is 0 Å². The van der Waals surface area contributed by atoms with Crippen molar-refractivity contribution >= 4 is 21.9 Å². The van der Waals surface area contributed by atoms with Gasteiger partial charge in [-0.1, -0.05) is 47.1 Å². The smallest absolute Gasteiger partial charge is 0.303 e. The van der Waals surface area contributed by atoms with Gasteiger partial charge in [-0.25, -0.2) is 0 Å². The zero-order chi connectivity index (χ0) is 14.8. The first-order valence-corrected chi connectivity index (χ1v) is 6.95. The Balaban J connectivity index is 2.15. The number of hydrogen-bond acceptors (Lipinski definition) is 4. The van der Waals surface area contributed by atoms with Crippen molar-refractivity contribution in [3.05, 3.63) is 34.6 Å². The van der Waals surface area contributed by atoms with Crippen LogP contribution in [0.15, 0.2) is 33.3 Å². The number of aromatic nitrogens is 2. The molecular weight excluding hydrogens is 324 g/mol. The summed E-state index contributed by atoms with van der Waals surface area (Å²) < 4.78 is 6.14. The molecule has 0 saturated carbocycles. The Hall–Kier alpha value is -1.69. The number of halogens is 1. The first-order valence-electron chi connectivity index (χ1n) is 6.16. The highest BCUT2D eigenvalue weighted by atomic mass is 79.9. The molecule has 0 aliphatic rings. The highest BCUT2D eigenvalue weighted by Gasteiger charge is 2.25. The van der Waals surface area contributed by atoms with E-state index in [4.69, 9.17) is 9.63 Å². The molecule has 0 amide bonds. The maximum Gasteiger partial charge on any atom is 0.303 e. The minimum Gasteiger partial charge on any atom is -0.481 e. The van der Waals surface area contributed by atoms with Crippen LogP contribution in [-0.4, -0.2) is 21.2 Å². The third-order valence-electron chi connectivity index (χ3n) is 2.81. The van der Waals surface area contributed by atoms with E-state index in [1.807, 2.05) is 38.1 Å². The SMILES string of the molecule is CC(C)(CC(=O)O)Cc1nc(-c2cccc(Br)c2)no1. The summed E-state index contributed by atoms with van der Waals surface area (Å²) >= 11 is 3.39. The number of carboxylic acids is 1. The average Bonchev–Trinajstić information content (AvgIpc) is 2.74. The minimum absolute atomic E-state index is 0.0571. The highest BCUT2D eigenvalue weighted by Crippen LogP contribution is 2.27. The van der Waals surface area contributed by atoms with Crippen LogP contribution < -0.4 is 0 Å². The fourth-order valence-electron chi connectivity index (χ4n) is 1.95. The second-order valence-corrected chi connectivity index (χ2v) is 6.35. The zero-order valence-electron chi connectivity index (χ0n) is 11.3. The normalized spacial score (nSPS) is 11.6. The summed E-state index contributed by atoms with van der Waals surface area (Å²) in [6, 6.07) is 7.60. The van der Waals surface area contributed by atoms with E-state index in [0.717, 1.165) is 10.0 Å². The molecule has 106 valence electrons. The molecule has 0 saturated heterocycles. The molecule has 0 fully saturated rings. The van der Waals surface area contributed by atoms with E-state index in [-0.39, 0.29) is 6.42 Å². The van der Waals surface area contributed by atoms with Crippen LogP contribution in [0.2, 0.25) is 0 Å². The van der Waals surface area contributed by atoms with Gasteiger partial charge in [-0.3, -0.25) is 4.79 Å². The van der Waals surface area contributed by atoms with Gasteiger partial charge in [0.15, 0.2) is 0 Å². The van der Waals surface area contributed by atoms with Crippen LogP contribution in [0.3, 0.4) is 0 Å². The number of carbonyl (C=O) groups is 1. The third-order valence-corrected chi connectivity index (χ3v) is 3.30. The molecule has 5 nitrogen and oxygen atoms in total. The van der Waals surface area contributed by atoms with Gasteiger partial charge in [-0.2, -0.15) is 4.98 Å². The number of aliphatic carboxylic acids is 1. The summed E-state index contributed by atoms with van der Waals surface area (Å²) in [5, 5.41) is 12.8. The Morgan fingerprint density at radius 1 is 1.45 bits per heavy atom. The molecule has 0 atom stereocenters. The van der Waals surface area contributed by atoms with Crippen LogP contribution in [0, 0.1) is 5.41 Å². The maximum atomic E-state index is 10.8. The van der Waals surface area contributed by atoms with Crippen molar-refractivity contribution in [1.29, 1.82) is 0 Å². The van der Waals surface area contributed by atoms with Crippen LogP contribution in [-0.2, 0) is 11.2 Å². The number of hydrogen-bond donors (Lipinski definition) is 1. The van der Waals surface area contributed by atoms with E-state index in [2.05, 4.69) is 26.1 Å². The monoisotopic (exact) mass is 338 g/mol. The Morgan fingerprint density at radius 3 is 2.85 bits per heavy atom. The van der Waals surface area contributed by atoms with Crippen molar-refractivity contribution in [3.63, 3.8) is 0 Å². The van der Waals surface area contributed by atoms with Crippen LogP contribution >= 0.6 is 15.9 Å². The van der Waals surface area contributed by atoms with E-state index in [1.54, 1.807) is 0 Å². The molecule has 0 bridgehead atoms. The first kappa shape index (κ1) is 14.7. The molecule has 2 aromatic rings. The lowest BCUT2D eigenvalue weighted by Gasteiger charge is -2.19. The number of carboxylic acid groups (broad SMARTS) is 1. The van der Waals surface area contributed by atoms with Crippen molar-refractivity contribution in [3.8, 4) is 11.4 Å². The molecule has 1 aromatic heterocycles. The molecule has 1 heterocycles. The minimum atomic E-state index is -0.832. The summed E-state index contributed by atoms with van der Waals surface area (Å²) in [6.07, 6.45) is 0.488. The second-order valence-electron chi connectivity index (χ2n) is 5.43. The van der Waals surface area contributed by atoms with Gasteiger partial charge in [0.05, 0.1) is 6.42 Å². The van der Waals surface area contributed by atoms with Crippen molar-refractivity contribution in [1.82, 2.24) is 10.1 Å². The fraction of sp³-hybridized carbons (Fsp3) is 0.357. The topological polar surface area (TPSA) is 76.2 Å². The fourth-order valence-corrected chi connectivity index (χ4v) is 2.35. The van der Waals surface area contributed by atoms with Gasteiger partial charge in [0.2, 0.25) is 11.7 Å². The van der Waals surface area contributed by atoms with Gasteiger partial charge in [0.25, 0.3) is 0 Å². The van der Waals surface area contributed by atoms with Gasteiger partial charge in [-0.05, 0) is 17.5 Å². The predicted octanol–water partition coefficient (Wildman–Crippen LogP) is 3.54. The lowest BCUT2D eigenvalue weighted by Crippen LogP contribution is -2.19. The van der Waals surface area contributed by atoms with Crippen molar-refractivity contribution in [2.24, 2.45) is 5.41 Å². The van der Waals surface area contributed by atoms with Crippen LogP contribution in [0.25, 0.3) is 11.4 Å². The quantitative estimate of drug-likeness (QED) is 0.902. The van der Waals surface area contributed by atoms with E-state index in [0.29, 0.717) is 18.1 Å². The van der Waals surface area contributed by atoms with Gasteiger partial charge in [-0.15, -0.1) is 0 Å². The summed E-state index contributed by atoms with van der Waals surface area (Å²) in [6.45, 7) is 3.73. The zero-order valence-corrected chi connectivity index (χ0v) is 12.8. The Bertz CT molecular complexity index is 622. The molecule has 0 radical (unpaired) electrons. The lowest BCUT2D eigenvalue weighted by molar-refractivity contribution is -0.139. The Kier molecular flexibility index (Phi) is 4.23. The molecule has 1 aromatic carbocycles. The standard InChI is InChI=1S/C14H15BrN2O3/c1-14(2,8-12(18)19)7-11-16-13(17-20-11)9-4-3-5-10(15)6-9/h3-6H,7-8H2,1-2H3,(H,18,19). The highest BCUT2D eigenvalue weighted by molar-refractivity contribution is 9.10. The summed E-state index contributed by atoms with van der Waals surface area (Å²) in [5.74, 6) is 0.125. The Labute approximate surface area is 125 Å². The summed E-state index contributed by atoms with van der Waals surface area (Å²) in [5.41, 5.74) is 0.429. The molecular formula is C14H15BrN2O3. The summed E-state index contributed by atoms with van der Waals surface area (Å²) in [4.78, 5) is 15.1. The third kappa shape index (κ3) is 3.90. The van der Waals surface area contributed by atoms with E-state index in [9.17, 15) is 4.79 Å². The molecule has 0 spiro atoms. The Morgan fingerprint density at radius 2 is 2.20 bits per heavy atom. The van der Waals surface area contributed by atoms with Crippen molar-refractivity contribution < 1.29 is 14.4 Å². The van der Waals surface area contributed by atoms with Crippen LogP contribution in [0.5, 0.6) is 0 Å². The average molecular weight is 339 g/mol. The lowest BCUT2D eigenvalue weighted by atomic mass is 9.86. The van der Waals surface area contributed by atoms with Crippen LogP contribution in [0.1, 0.15) is 26.2 Å². The van der Waals surface area contributed by atoms with Gasteiger partial charge < -0.3 is 9.63 Å². The van der Waals surface area contributed by atoms with E-state index < -0.39 is 11.4 Å². The molecule has 0 unspecified atom stereocenters. The molecule has 2 rings (SSSR count). The number of nitrogens with zero attached hydrogens (tertiary/aromatic N) is 2. The van der Waals surface area contributed by atoms with Gasteiger partial charge >= 0.3 is 5.97 Å². The predicted molar refractivity (Wildman–Crippen MR) is 77.2 cm³/mol. The van der Waals surface area contributed by atoms with Gasteiger partial charge in [0.1, 0.15) is 0 Å². The maximum absolute atomic E-state index is 10.8. The molecule has 0 aliphatic heterocycles. The first-order chi connectivity index (χ1) is 9.35. The van der Waals surface area contributed by atoms with E-state index in [1.165, 1.54) is 0 Å². The molecule has 6 heteroatoms. The second kappa shape index (κ2) is 5.75. The summed E-state index contributed by atoms with van der Waals surface area (Å²) in [7, 11) is 0. The van der Waals surface area contributed by atoms with Gasteiger partial charge in [0, 0.05) is 16.5 Å². The van der Waals surface area contributed by atoms with E-state index >= 15 is 0 Å². The number of rotatable bonds is 5. The molecule has 20 heavy (non-hydrogen) atoms. The van der Waals surface area contributed by atoms with Crippen molar-refractivity contribution in [2.75, 3.05) is 0 Å². The molecule has 1 N–H and O–H groups in total. The van der Waals surface area contributed by atoms with Crippen molar-refractivity contribution in [2.45, 2.75) is 26.7 Å².